The van der Waals surface area contributed by atoms with Crippen LogP contribution in [0.3, 0.4) is 0 Å². The van der Waals surface area contributed by atoms with Crippen molar-refractivity contribution in [3.05, 3.63) is 28.4 Å². The molecule has 0 aliphatic heterocycles. The maximum Gasteiger partial charge on any atom is 0.252 e. The number of carbonyl (C=O) groups excluding carboxylic acids is 1. The zero-order valence-corrected chi connectivity index (χ0v) is 17.2. The van der Waals surface area contributed by atoms with Crippen LogP contribution in [0.15, 0.2) is 12.1 Å². The summed E-state index contributed by atoms with van der Waals surface area (Å²) in [6, 6.07) is 3.90. The fraction of sp³-hybridized carbons (Fsp3) is 0.462. The van der Waals surface area contributed by atoms with Gasteiger partial charge in [-0.25, -0.2) is 0 Å². The third-order valence-electron chi connectivity index (χ3n) is 2.48. The van der Waals surface area contributed by atoms with Gasteiger partial charge in [-0.3, -0.25) is 4.79 Å². The summed E-state index contributed by atoms with van der Waals surface area (Å²) in [5.74, 6) is 0.300. The van der Waals surface area contributed by atoms with E-state index in [-0.39, 0.29) is 5.91 Å². The van der Waals surface area contributed by atoms with E-state index in [2.05, 4.69) is 86.9 Å². The molecule has 1 amide bonds. The molecular formula is C13H16I3NO2. The van der Waals surface area contributed by atoms with Crippen molar-refractivity contribution in [1.82, 2.24) is 5.32 Å². The molecule has 19 heavy (non-hydrogen) atoms. The summed E-state index contributed by atoms with van der Waals surface area (Å²) >= 11 is 6.61. The maximum absolute atomic E-state index is 12.1. The van der Waals surface area contributed by atoms with Crippen molar-refractivity contribution in [3.63, 3.8) is 0 Å². The van der Waals surface area contributed by atoms with Crippen LogP contribution < -0.4 is 5.32 Å². The average molecular weight is 599 g/mol. The standard InChI is InChI=1S/C13H16I3NO2/c1-7(2)3-9(18)6-17-13(19)10-4-8(14)5-11(15)12(10)16/h4-5,7,9,18H,3,6H2,1-2H3,(H,17,19). The van der Waals surface area contributed by atoms with Gasteiger partial charge in [-0.2, -0.15) is 0 Å². The molecule has 0 bridgehead atoms. The number of aliphatic hydroxyl groups excluding tert-OH is 1. The second-order valence-corrected chi connectivity index (χ2v) is 8.23. The normalized spacial score (nSPS) is 12.6. The number of benzene rings is 1. The Morgan fingerprint density at radius 3 is 2.53 bits per heavy atom. The lowest BCUT2D eigenvalue weighted by Crippen LogP contribution is -2.33. The van der Waals surface area contributed by atoms with Gasteiger partial charge < -0.3 is 10.4 Å². The number of halogens is 3. The molecule has 0 saturated heterocycles. The molecule has 0 aliphatic rings. The molecule has 1 atom stereocenters. The van der Waals surface area contributed by atoms with Gasteiger partial charge in [0.05, 0.1) is 11.7 Å². The highest BCUT2D eigenvalue weighted by Gasteiger charge is 2.15. The zero-order valence-electron chi connectivity index (χ0n) is 10.7. The lowest BCUT2D eigenvalue weighted by molar-refractivity contribution is 0.0899. The van der Waals surface area contributed by atoms with Crippen LogP contribution in [-0.2, 0) is 0 Å². The molecule has 3 nitrogen and oxygen atoms in total. The predicted molar refractivity (Wildman–Crippen MR) is 102 cm³/mol. The van der Waals surface area contributed by atoms with Gasteiger partial charge in [0.15, 0.2) is 0 Å². The molecule has 0 radical (unpaired) electrons. The highest BCUT2D eigenvalue weighted by molar-refractivity contribution is 14.1. The molecule has 1 aromatic carbocycles. The van der Waals surface area contributed by atoms with E-state index in [1.807, 2.05) is 12.1 Å². The molecule has 0 aliphatic carbocycles. The third kappa shape index (κ3) is 6.00. The second kappa shape index (κ2) is 8.32. The summed E-state index contributed by atoms with van der Waals surface area (Å²) in [6.07, 6.45) is 0.213. The molecule has 2 N–H and O–H groups in total. The van der Waals surface area contributed by atoms with E-state index in [0.29, 0.717) is 24.4 Å². The van der Waals surface area contributed by atoms with Gasteiger partial charge in [-0.1, -0.05) is 13.8 Å². The molecule has 0 aromatic heterocycles. The lowest BCUT2D eigenvalue weighted by atomic mass is 10.1. The lowest BCUT2D eigenvalue weighted by Gasteiger charge is -2.14. The summed E-state index contributed by atoms with van der Waals surface area (Å²) in [5, 5.41) is 12.6. The number of aliphatic hydroxyl groups is 1. The minimum absolute atomic E-state index is 0.122. The zero-order chi connectivity index (χ0) is 14.6. The number of hydrogen-bond acceptors (Lipinski definition) is 2. The van der Waals surface area contributed by atoms with E-state index in [0.717, 1.165) is 10.7 Å². The first kappa shape index (κ1) is 17.9. The monoisotopic (exact) mass is 599 g/mol. The van der Waals surface area contributed by atoms with Crippen LogP contribution in [0.4, 0.5) is 0 Å². The first-order valence-corrected chi connectivity index (χ1v) is 9.15. The molecule has 0 heterocycles. The number of hydrogen-bond donors (Lipinski definition) is 2. The van der Waals surface area contributed by atoms with Crippen LogP contribution >= 0.6 is 67.8 Å². The molecule has 0 spiro atoms. The topological polar surface area (TPSA) is 49.3 Å². The summed E-state index contributed by atoms with van der Waals surface area (Å²) < 4.78 is 3.06. The molecular weight excluding hydrogens is 583 g/mol. The molecule has 0 saturated carbocycles. The Balaban J connectivity index is 2.69. The summed E-state index contributed by atoms with van der Waals surface area (Å²) in [5.41, 5.74) is 0.675. The van der Waals surface area contributed by atoms with E-state index in [4.69, 9.17) is 0 Å². The molecule has 1 unspecified atom stereocenters. The highest BCUT2D eigenvalue weighted by Crippen LogP contribution is 2.22. The SMILES string of the molecule is CC(C)CC(O)CNC(=O)c1cc(I)cc(I)c1I. The van der Waals surface area contributed by atoms with Crippen LogP contribution in [0.1, 0.15) is 30.6 Å². The average Bonchev–Trinajstić information content (AvgIpc) is 2.29. The van der Waals surface area contributed by atoms with E-state index >= 15 is 0 Å². The highest BCUT2D eigenvalue weighted by atomic mass is 127. The first-order valence-electron chi connectivity index (χ1n) is 5.92. The smallest absolute Gasteiger partial charge is 0.252 e. The van der Waals surface area contributed by atoms with E-state index < -0.39 is 6.10 Å². The van der Waals surface area contributed by atoms with Crippen LogP contribution in [0.25, 0.3) is 0 Å². The Bertz CT molecular complexity index is 463. The van der Waals surface area contributed by atoms with Crippen molar-refractivity contribution in [3.8, 4) is 0 Å². The van der Waals surface area contributed by atoms with Crippen molar-refractivity contribution in [1.29, 1.82) is 0 Å². The maximum atomic E-state index is 12.1. The van der Waals surface area contributed by atoms with Gasteiger partial charge in [0, 0.05) is 17.3 Å². The molecule has 1 rings (SSSR count). The van der Waals surface area contributed by atoms with Gasteiger partial charge in [0.2, 0.25) is 0 Å². The molecule has 6 heteroatoms. The van der Waals surface area contributed by atoms with E-state index in [1.165, 1.54) is 0 Å². The van der Waals surface area contributed by atoms with Crippen molar-refractivity contribution < 1.29 is 9.90 Å². The molecule has 1 aromatic rings. The summed E-state index contributed by atoms with van der Waals surface area (Å²) in [4.78, 5) is 12.1. The van der Waals surface area contributed by atoms with Gasteiger partial charge in [-0.15, -0.1) is 0 Å². The second-order valence-electron chi connectivity index (χ2n) is 4.74. The van der Waals surface area contributed by atoms with Gasteiger partial charge in [0.25, 0.3) is 5.91 Å². The first-order chi connectivity index (χ1) is 8.81. The third-order valence-corrected chi connectivity index (χ3v) is 6.15. The van der Waals surface area contributed by atoms with Crippen molar-refractivity contribution in [2.45, 2.75) is 26.4 Å². The minimum atomic E-state index is -0.483. The van der Waals surface area contributed by atoms with Crippen molar-refractivity contribution >= 4 is 73.7 Å². The minimum Gasteiger partial charge on any atom is -0.391 e. The Hall–Kier alpha value is 0.840. The van der Waals surface area contributed by atoms with Gasteiger partial charge in [-0.05, 0) is 92.2 Å². The fourth-order valence-corrected chi connectivity index (χ4v) is 4.06. The number of nitrogens with one attached hydrogen (secondary N) is 1. The van der Waals surface area contributed by atoms with Gasteiger partial charge in [0.1, 0.15) is 0 Å². The largest absolute Gasteiger partial charge is 0.391 e. The van der Waals surface area contributed by atoms with Crippen LogP contribution in [0.2, 0.25) is 0 Å². The number of carbonyl (C=O) groups is 1. The van der Waals surface area contributed by atoms with E-state index in [1.54, 1.807) is 0 Å². The summed E-state index contributed by atoms with van der Waals surface area (Å²) in [6.45, 7) is 4.40. The van der Waals surface area contributed by atoms with Crippen molar-refractivity contribution in [2.75, 3.05) is 6.54 Å². The molecule has 106 valence electrons. The number of rotatable bonds is 5. The molecule has 0 fully saturated rings. The van der Waals surface area contributed by atoms with Crippen LogP contribution in [-0.4, -0.2) is 23.7 Å². The van der Waals surface area contributed by atoms with Gasteiger partial charge >= 0.3 is 0 Å². The van der Waals surface area contributed by atoms with E-state index in [9.17, 15) is 9.90 Å². The number of amides is 1. The predicted octanol–water partition coefficient (Wildman–Crippen LogP) is 3.64. The summed E-state index contributed by atoms with van der Waals surface area (Å²) in [7, 11) is 0. The Morgan fingerprint density at radius 2 is 1.95 bits per heavy atom. The van der Waals surface area contributed by atoms with Crippen LogP contribution in [0.5, 0.6) is 0 Å². The van der Waals surface area contributed by atoms with Crippen LogP contribution in [0, 0.1) is 16.6 Å². The fourth-order valence-electron chi connectivity index (χ4n) is 1.65. The van der Waals surface area contributed by atoms with Crippen molar-refractivity contribution in [2.24, 2.45) is 5.92 Å². The quantitative estimate of drug-likeness (QED) is 0.402. The Labute approximate surface area is 154 Å². The Morgan fingerprint density at radius 1 is 1.32 bits per heavy atom. The Kier molecular flexibility index (Phi) is 7.84.